The van der Waals surface area contributed by atoms with Gasteiger partial charge in [-0.3, -0.25) is 4.79 Å². The van der Waals surface area contributed by atoms with Crippen LogP contribution in [0.4, 0.5) is 5.69 Å². The molecule has 0 atom stereocenters. The summed E-state index contributed by atoms with van der Waals surface area (Å²) < 4.78 is 30.1. The predicted octanol–water partition coefficient (Wildman–Crippen LogP) is 4.84. The Bertz CT molecular complexity index is 1270. The van der Waals surface area contributed by atoms with Gasteiger partial charge in [0.05, 0.1) is 18.1 Å². The van der Waals surface area contributed by atoms with Crippen LogP contribution in [0.1, 0.15) is 16.3 Å². The SMILES string of the molecule is O=C(Nc1cnn(COc2ccc(Br)cc2)c1)c1ccc(COc2ccc3c(c2)OCO3)o1. The van der Waals surface area contributed by atoms with E-state index in [1.807, 2.05) is 24.3 Å². The number of anilines is 1. The number of benzene rings is 2. The van der Waals surface area contributed by atoms with Crippen LogP contribution in [0.3, 0.4) is 0 Å². The molecule has 10 heteroatoms. The fourth-order valence-electron chi connectivity index (χ4n) is 3.06. The molecule has 5 rings (SSSR count). The van der Waals surface area contributed by atoms with Gasteiger partial charge in [0, 0.05) is 10.5 Å². The van der Waals surface area contributed by atoms with Gasteiger partial charge in [-0.2, -0.15) is 5.10 Å². The number of carbonyl (C=O) groups is 1. The molecule has 0 aliphatic carbocycles. The normalized spacial score (nSPS) is 11.9. The first-order valence-corrected chi connectivity index (χ1v) is 10.7. The Morgan fingerprint density at radius 2 is 1.85 bits per heavy atom. The Morgan fingerprint density at radius 1 is 1.03 bits per heavy atom. The number of hydrogen-bond acceptors (Lipinski definition) is 7. The molecule has 2 aromatic heterocycles. The highest BCUT2D eigenvalue weighted by atomic mass is 79.9. The van der Waals surface area contributed by atoms with Crippen LogP contribution in [0.15, 0.2) is 75.9 Å². The highest BCUT2D eigenvalue weighted by Crippen LogP contribution is 2.35. The summed E-state index contributed by atoms with van der Waals surface area (Å²) in [4.78, 5) is 12.5. The molecule has 4 aromatic rings. The number of furan rings is 1. The first-order valence-electron chi connectivity index (χ1n) is 9.96. The van der Waals surface area contributed by atoms with E-state index in [-0.39, 0.29) is 25.9 Å². The number of fused-ring (bicyclic) bond motifs is 1. The summed E-state index contributed by atoms with van der Waals surface area (Å²) in [5, 5.41) is 6.94. The van der Waals surface area contributed by atoms with Crippen LogP contribution in [0.2, 0.25) is 0 Å². The number of amides is 1. The molecule has 0 radical (unpaired) electrons. The average Bonchev–Trinajstić information content (AvgIpc) is 3.58. The molecular formula is C23H18BrN3O6. The molecule has 0 bridgehead atoms. The predicted molar refractivity (Wildman–Crippen MR) is 121 cm³/mol. The van der Waals surface area contributed by atoms with Crippen LogP contribution in [0.5, 0.6) is 23.0 Å². The molecule has 33 heavy (non-hydrogen) atoms. The monoisotopic (exact) mass is 511 g/mol. The summed E-state index contributed by atoms with van der Waals surface area (Å²) >= 11 is 3.38. The lowest BCUT2D eigenvalue weighted by Crippen LogP contribution is -2.10. The zero-order valence-electron chi connectivity index (χ0n) is 17.2. The van der Waals surface area contributed by atoms with Gasteiger partial charge in [0.2, 0.25) is 6.79 Å². The summed E-state index contributed by atoms with van der Waals surface area (Å²) in [6.07, 6.45) is 3.21. The lowest BCUT2D eigenvalue weighted by atomic mass is 10.3. The summed E-state index contributed by atoms with van der Waals surface area (Å²) in [7, 11) is 0. The molecular weight excluding hydrogens is 494 g/mol. The number of aromatic nitrogens is 2. The maximum atomic E-state index is 12.5. The minimum absolute atomic E-state index is 0.165. The molecule has 3 heterocycles. The number of hydrogen-bond donors (Lipinski definition) is 1. The maximum Gasteiger partial charge on any atom is 0.291 e. The van der Waals surface area contributed by atoms with Gasteiger partial charge in [-0.25, -0.2) is 4.68 Å². The quantitative estimate of drug-likeness (QED) is 0.361. The van der Waals surface area contributed by atoms with E-state index in [1.165, 1.54) is 6.20 Å². The molecule has 0 spiro atoms. The maximum absolute atomic E-state index is 12.5. The highest BCUT2D eigenvalue weighted by Gasteiger charge is 2.15. The van der Waals surface area contributed by atoms with Gasteiger partial charge in [0.25, 0.3) is 5.91 Å². The fraction of sp³-hybridized carbons (Fsp3) is 0.130. The van der Waals surface area contributed by atoms with Crippen molar-refractivity contribution < 1.29 is 28.2 Å². The topological polar surface area (TPSA) is 97.0 Å². The van der Waals surface area contributed by atoms with Crippen LogP contribution < -0.4 is 24.3 Å². The van der Waals surface area contributed by atoms with E-state index in [9.17, 15) is 4.79 Å². The summed E-state index contributed by atoms with van der Waals surface area (Å²) in [5.74, 6) is 2.93. The Balaban J connectivity index is 1.13. The van der Waals surface area contributed by atoms with Gasteiger partial charge < -0.3 is 28.7 Å². The number of halogens is 1. The molecule has 2 aromatic carbocycles. The molecule has 0 unspecified atom stereocenters. The number of nitrogens with zero attached hydrogens (tertiary/aromatic N) is 2. The number of ether oxygens (including phenoxy) is 4. The Hall–Kier alpha value is -3.92. The third kappa shape index (κ3) is 5.12. The second kappa shape index (κ2) is 9.29. The zero-order valence-corrected chi connectivity index (χ0v) is 18.8. The summed E-state index contributed by atoms with van der Waals surface area (Å²) in [5.41, 5.74) is 0.522. The first kappa shape index (κ1) is 21.0. The molecule has 1 aliphatic rings. The van der Waals surface area contributed by atoms with Crippen molar-refractivity contribution in [2.45, 2.75) is 13.3 Å². The van der Waals surface area contributed by atoms with Crippen molar-refractivity contribution >= 4 is 27.5 Å². The van der Waals surface area contributed by atoms with Gasteiger partial charge in [0.15, 0.2) is 24.0 Å². The molecule has 0 saturated heterocycles. The number of carbonyl (C=O) groups excluding carboxylic acids is 1. The van der Waals surface area contributed by atoms with Crippen molar-refractivity contribution in [1.29, 1.82) is 0 Å². The molecule has 1 amide bonds. The van der Waals surface area contributed by atoms with Gasteiger partial charge >= 0.3 is 0 Å². The fourth-order valence-corrected chi connectivity index (χ4v) is 3.33. The van der Waals surface area contributed by atoms with E-state index < -0.39 is 5.91 Å². The van der Waals surface area contributed by atoms with E-state index >= 15 is 0 Å². The molecule has 168 valence electrons. The van der Waals surface area contributed by atoms with Crippen LogP contribution in [0, 0.1) is 0 Å². The van der Waals surface area contributed by atoms with Crippen LogP contribution >= 0.6 is 15.9 Å². The standard InChI is InChI=1S/C23H18BrN3O6/c24-15-1-3-17(4-2-15)30-13-27-11-16(10-25-27)26-23(28)21-8-6-19(33-21)12-29-18-5-7-20-22(9-18)32-14-31-20/h1-11H,12-14H2,(H,26,28). The molecule has 1 aliphatic heterocycles. The van der Waals surface area contributed by atoms with Crippen molar-refractivity contribution in [3.8, 4) is 23.0 Å². The van der Waals surface area contributed by atoms with E-state index in [2.05, 4.69) is 26.3 Å². The zero-order chi connectivity index (χ0) is 22.6. The van der Waals surface area contributed by atoms with Gasteiger partial charge in [-0.15, -0.1) is 0 Å². The first-order chi connectivity index (χ1) is 16.1. The van der Waals surface area contributed by atoms with Gasteiger partial charge in [0.1, 0.15) is 23.9 Å². The number of rotatable bonds is 8. The average molecular weight is 512 g/mol. The van der Waals surface area contributed by atoms with Gasteiger partial charge in [-0.05, 0) is 48.5 Å². The largest absolute Gasteiger partial charge is 0.486 e. The van der Waals surface area contributed by atoms with Crippen molar-refractivity contribution in [2.24, 2.45) is 0 Å². The molecule has 9 nitrogen and oxygen atoms in total. The molecule has 1 N–H and O–H groups in total. The third-order valence-corrected chi connectivity index (χ3v) is 5.21. The van der Waals surface area contributed by atoms with E-state index in [0.29, 0.717) is 34.4 Å². The van der Waals surface area contributed by atoms with Crippen LogP contribution in [-0.4, -0.2) is 22.5 Å². The van der Waals surface area contributed by atoms with E-state index in [1.54, 1.807) is 41.2 Å². The van der Waals surface area contributed by atoms with E-state index in [4.69, 9.17) is 23.4 Å². The van der Waals surface area contributed by atoms with Crippen molar-refractivity contribution in [2.75, 3.05) is 12.1 Å². The summed E-state index contributed by atoms with van der Waals surface area (Å²) in [6.45, 7) is 0.574. The smallest absolute Gasteiger partial charge is 0.291 e. The number of nitrogens with one attached hydrogen (secondary N) is 1. The van der Waals surface area contributed by atoms with Crippen molar-refractivity contribution in [3.05, 3.63) is 83.0 Å². The van der Waals surface area contributed by atoms with Crippen LogP contribution in [0.25, 0.3) is 0 Å². The lowest BCUT2D eigenvalue weighted by Gasteiger charge is -2.06. The Kier molecular flexibility index (Phi) is 5.90. The third-order valence-electron chi connectivity index (χ3n) is 4.68. The van der Waals surface area contributed by atoms with Crippen molar-refractivity contribution in [3.63, 3.8) is 0 Å². The molecule has 0 saturated carbocycles. The highest BCUT2D eigenvalue weighted by molar-refractivity contribution is 9.10. The van der Waals surface area contributed by atoms with Crippen LogP contribution in [-0.2, 0) is 13.3 Å². The minimum atomic E-state index is -0.391. The molecule has 0 fully saturated rings. The minimum Gasteiger partial charge on any atom is -0.486 e. The van der Waals surface area contributed by atoms with Gasteiger partial charge in [-0.1, -0.05) is 15.9 Å². The van der Waals surface area contributed by atoms with E-state index in [0.717, 1.165) is 4.47 Å². The Morgan fingerprint density at radius 3 is 2.73 bits per heavy atom. The Labute approximate surface area is 196 Å². The summed E-state index contributed by atoms with van der Waals surface area (Å²) in [6, 6.07) is 16.1. The lowest BCUT2D eigenvalue weighted by molar-refractivity contribution is 0.0992. The second-order valence-corrected chi connectivity index (χ2v) is 7.94. The second-order valence-electron chi connectivity index (χ2n) is 7.02. The van der Waals surface area contributed by atoms with Crippen molar-refractivity contribution in [1.82, 2.24) is 9.78 Å².